The van der Waals surface area contributed by atoms with Crippen LogP contribution in [0.5, 0.6) is 0 Å². The van der Waals surface area contributed by atoms with E-state index in [0.29, 0.717) is 24.0 Å². The van der Waals surface area contributed by atoms with Crippen molar-refractivity contribution in [2.24, 2.45) is 0 Å². The van der Waals surface area contributed by atoms with Crippen LogP contribution in [-0.2, 0) is 13.0 Å². The number of rotatable bonds is 2. The van der Waals surface area contributed by atoms with Crippen molar-refractivity contribution in [3.63, 3.8) is 0 Å². The topological polar surface area (TPSA) is 69.6 Å². The SMILES string of the molecule is O=C(O)c1cc2c(s1)CCN(C(=O)NC1CCCCC1)C2. The summed E-state index contributed by atoms with van der Waals surface area (Å²) in [6.07, 6.45) is 6.57. The molecular weight excluding hydrogens is 288 g/mol. The molecule has 1 fully saturated rings. The third-order valence-corrected chi connectivity index (χ3v) is 5.52. The number of hydrogen-bond acceptors (Lipinski definition) is 3. The molecule has 0 bridgehead atoms. The Morgan fingerprint density at radius 3 is 2.76 bits per heavy atom. The van der Waals surface area contributed by atoms with Crippen molar-refractivity contribution in [1.29, 1.82) is 0 Å². The van der Waals surface area contributed by atoms with E-state index in [4.69, 9.17) is 5.11 Å². The van der Waals surface area contributed by atoms with E-state index in [1.54, 1.807) is 11.0 Å². The lowest BCUT2D eigenvalue weighted by Crippen LogP contribution is -2.46. The van der Waals surface area contributed by atoms with E-state index in [1.165, 1.54) is 30.6 Å². The van der Waals surface area contributed by atoms with Crippen LogP contribution >= 0.6 is 11.3 Å². The molecule has 0 saturated heterocycles. The number of thiophene rings is 1. The van der Waals surface area contributed by atoms with Crippen molar-refractivity contribution in [2.75, 3.05) is 6.54 Å². The van der Waals surface area contributed by atoms with Crippen LogP contribution in [0.4, 0.5) is 4.79 Å². The second kappa shape index (κ2) is 6.05. The van der Waals surface area contributed by atoms with Gasteiger partial charge in [-0.1, -0.05) is 19.3 Å². The number of carboxylic acid groups (broad SMARTS) is 1. The fourth-order valence-corrected chi connectivity index (χ4v) is 4.13. The zero-order chi connectivity index (χ0) is 14.8. The Hall–Kier alpha value is -1.56. The van der Waals surface area contributed by atoms with Crippen LogP contribution < -0.4 is 5.32 Å². The van der Waals surface area contributed by atoms with Crippen LogP contribution in [0.25, 0.3) is 0 Å². The quantitative estimate of drug-likeness (QED) is 0.882. The Bertz CT molecular complexity index is 549. The van der Waals surface area contributed by atoms with Gasteiger partial charge in [0.25, 0.3) is 0 Å². The van der Waals surface area contributed by atoms with Gasteiger partial charge in [-0.3, -0.25) is 0 Å². The van der Waals surface area contributed by atoms with Gasteiger partial charge in [-0.25, -0.2) is 9.59 Å². The maximum atomic E-state index is 12.3. The lowest BCUT2D eigenvalue weighted by molar-refractivity contribution is 0.0702. The molecule has 0 unspecified atom stereocenters. The summed E-state index contributed by atoms with van der Waals surface area (Å²) in [6.45, 7) is 1.20. The predicted octanol–water partition coefficient (Wildman–Crippen LogP) is 2.85. The minimum atomic E-state index is -0.882. The van der Waals surface area contributed by atoms with Crippen LogP contribution in [0, 0.1) is 0 Å². The normalized spacial score (nSPS) is 19.1. The van der Waals surface area contributed by atoms with E-state index in [-0.39, 0.29) is 6.03 Å². The lowest BCUT2D eigenvalue weighted by Gasteiger charge is -2.30. The molecule has 114 valence electrons. The van der Waals surface area contributed by atoms with Crippen LogP contribution in [-0.4, -0.2) is 34.6 Å². The zero-order valence-electron chi connectivity index (χ0n) is 11.9. The molecule has 21 heavy (non-hydrogen) atoms. The molecule has 0 spiro atoms. The number of hydrogen-bond donors (Lipinski definition) is 2. The number of urea groups is 1. The molecule has 1 saturated carbocycles. The summed E-state index contributed by atoms with van der Waals surface area (Å²) < 4.78 is 0. The Balaban J connectivity index is 1.62. The standard InChI is InChI=1S/C15H20N2O3S/c18-14(19)13-8-10-9-17(7-6-12(10)21-13)15(20)16-11-4-2-1-3-5-11/h8,11H,1-7,9H2,(H,16,20)(H,18,19). The molecule has 0 aromatic carbocycles. The fraction of sp³-hybridized carbons (Fsp3) is 0.600. The predicted molar refractivity (Wildman–Crippen MR) is 80.8 cm³/mol. The molecule has 1 aliphatic carbocycles. The molecule has 1 aromatic heterocycles. The van der Waals surface area contributed by atoms with Crippen LogP contribution in [0.1, 0.15) is 52.2 Å². The van der Waals surface area contributed by atoms with E-state index in [0.717, 1.165) is 29.7 Å². The molecule has 2 amide bonds. The maximum Gasteiger partial charge on any atom is 0.345 e. The van der Waals surface area contributed by atoms with Crippen molar-refractivity contribution >= 4 is 23.3 Å². The van der Waals surface area contributed by atoms with Crippen molar-refractivity contribution in [2.45, 2.75) is 51.1 Å². The highest BCUT2D eigenvalue weighted by molar-refractivity contribution is 7.14. The first-order valence-corrected chi connectivity index (χ1v) is 8.35. The van der Waals surface area contributed by atoms with Gasteiger partial charge in [-0.05, 0) is 30.9 Å². The summed E-state index contributed by atoms with van der Waals surface area (Å²) in [6, 6.07) is 2.02. The molecular formula is C15H20N2O3S. The van der Waals surface area contributed by atoms with E-state index < -0.39 is 5.97 Å². The zero-order valence-corrected chi connectivity index (χ0v) is 12.7. The van der Waals surface area contributed by atoms with Crippen molar-refractivity contribution in [3.05, 3.63) is 21.4 Å². The number of nitrogens with zero attached hydrogens (tertiary/aromatic N) is 1. The van der Waals surface area contributed by atoms with Gasteiger partial charge in [0.05, 0.1) is 0 Å². The molecule has 2 N–H and O–H groups in total. The molecule has 0 radical (unpaired) electrons. The monoisotopic (exact) mass is 308 g/mol. The van der Waals surface area contributed by atoms with Crippen molar-refractivity contribution < 1.29 is 14.7 Å². The molecule has 5 nitrogen and oxygen atoms in total. The second-order valence-electron chi connectivity index (χ2n) is 5.82. The lowest BCUT2D eigenvalue weighted by atomic mass is 9.96. The smallest absolute Gasteiger partial charge is 0.345 e. The Morgan fingerprint density at radius 2 is 2.05 bits per heavy atom. The largest absolute Gasteiger partial charge is 0.477 e. The first-order valence-electron chi connectivity index (χ1n) is 7.54. The fourth-order valence-electron chi connectivity index (χ4n) is 3.12. The summed E-state index contributed by atoms with van der Waals surface area (Å²) in [7, 11) is 0. The van der Waals surface area contributed by atoms with Gasteiger partial charge < -0.3 is 15.3 Å². The number of nitrogens with one attached hydrogen (secondary N) is 1. The average molecular weight is 308 g/mol. The summed E-state index contributed by atoms with van der Waals surface area (Å²) in [5, 5.41) is 12.2. The average Bonchev–Trinajstić information content (AvgIpc) is 2.91. The summed E-state index contributed by atoms with van der Waals surface area (Å²) in [5.74, 6) is -0.882. The third kappa shape index (κ3) is 3.20. The van der Waals surface area contributed by atoms with E-state index in [9.17, 15) is 9.59 Å². The number of carbonyl (C=O) groups is 2. The van der Waals surface area contributed by atoms with Gasteiger partial charge in [0, 0.05) is 24.0 Å². The number of fused-ring (bicyclic) bond motifs is 1. The van der Waals surface area contributed by atoms with Gasteiger partial charge in [0.2, 0.25) is 0 Å². The second-order valence-corrected chi connectivity index (χ2v) is 6.96. The Kier molecular flexibility index (Phi) is 4.14. The Morgan fingerprint density at radius 1 is 1.29 bits per heavy atom. The first-order chi connectivity index (χ1) is 10.1. The van der Waals surface area contributed by atoms with Crippen LogP contribution in [0.3, 0.4) is 0 Å². The van der Waals surface area contributed by atoms with E-state index in [2.05, 4.69) is 5.32 Å². The summed E-state index contributed by atoms with van der Waals surface area (Å²) in [4.78, 5) is 26.6. The molecule has 6 heteroatoms. The minimum Gasteiger partial charge on any atom is -0.477 e. The van der Waals surface area contributed by atoms with Crippen molar-refractivity contribution in [1.82, 2.24) is 10.2 Å². The highest BCUT2D eigenvalue weighted by Crippen LogP contribution is 2.28. The molecule has 1 aromatic rings. The molecule has 0 atom stereocenters. The number of carboxylic acids is 1. The third-order valence-electron chi connectivity index (χ3n) is 4.30. The Labute approximate surface area is 128 Å². The van der Waals surface area contributed by atoms with Gasteiger partial charge in [0.15, 0.2) is 0 Å². The number of carbonyl (C=O) groups excluding carboxylic acids is 1. The van der Waals surface area contributed by atoms with E-state index >= 15 is 0 Å². The van der Waals surface area contributed by atoms with E-state index in [1.807, 2.05) is 0 Å². The minimum absolute atomic E-state index is 0.00405. The van der Waals surface area contributed by atoms with Gasteiger partial charge in [0.1, 0.15) is 4.88 Å². The first kappa shape index (κ1) is 14.4. The maximum absolute atomic E-state index is 12.3. The highest BCUT2D eigenvalue weighted by Gasteiger charge is 2.25. The van der Waals surface area contributed by atoms with Gasteiger partial charge in [-0.2, -0.15) is 0 Å². The number of amides is 2. The summed E-state index contributed by atoms with van der Waals surface area (Å²) >= 11 is 1.33. The van der Waals surface area contributed by atoms with Crippen LogP contribution in [0.15, 0.2) is 6.07 Å². The molecule has 2 heterocycles. The summed E-state index contributed by atoms with van der Waals surface area (Å²) in [5.41, 5.74) is 0.988. The van der Waals surface area contributed by atoms with Gasteiger partial charge >= 0.3 is 12.0 Å². The molecule has 1 aliphatic heterocycles. The number of aromatic carboxylic acids is 1. The highest BCUT2D eigenvalue weighted by atomic mass is 32.1. The molecule has 3 rings (SSSR count). The molecule has 2 aliphatic rings. The van der Waals surface area contributed by atoms with Crippen LogP contribution in [0.2, 0.25) is 0 Å². The van der Waals surface area contributed by atoms with Crippen molar-refractivity contribution in [3.8, 4) is 0 Å². The van der Waals surface area contributed by atoms with Gasteiger partial charge in [-0.15, -0.1) is 11.3 Å².